The third-order valence-electron chi connectivity index (χ3n) is 2.38. The Labute approximate surface area is 108 Å². The zero-order valence-corrected chi connectivity index (χ0v) is 10.0. The molecule has 0 atom stereocenters. The van der Waals surface area contributed by atoms with E-state index in [1.54, 1.807) is 0 Å². The molecular weight excluding hydrogens is 260 g/mol. The third kappa shape index (κ3) is 2.71. The number of hydrogen-bond acceptors (Lipinski definition) is 2. The summed E-state index contributed by atoms with van der Waals surface area (Å²) in [6, 6.07) is 8.13. The quantitative estimate of drug-likeness (QED) is 0.861. The lowest BCUT2D eigenvalue weighted by atomic mass is 10.2. The third-order valence-corrected chi connectivity index (χ3v) is 2.75. The summed E-state index contributed by atoms with van der Waals surface area (Å²) in [6.45, 7) is -0.0538. The van der Waals surface area contributed by atoms with Crippen molar-refractivity contribution in [2.75, 3.05) is 5.73 Å². The van der Waals surface area contributed by atoms with E-state index >= 15 is 0 Å². The van der Waals surface area contributed by atoms with E-state index in [-0.39, 0.29) is 18.0 Å². The summed E-state index contributed by atoms with van der Waals surface area (Å²) < 4.78 is 31.7. The van der Waals surface area contributed by atoms with Crippen molar-refractivity contribution in [2.45, 2.75) is 6.61 Å². The molecule has 0 saturated heterocycles. The molecule has 2 aromatic carbocycles. The van der Waals surface area contributed by atoms with E-state index in [4.69, 9.17) is 22.1 Å². The summed E-state index contributed by atoms with van der Waals surface area (Å²) in [4.78, 5) is 0. The van der Waals surface area contributed by atoms with Gasteiger partial charge in [-0.1, -0.05) is 17.7 Å². The molecule has 2 nitrogen and oxygen atoms in total. The van der Waals surface area contributed by atoms with E-state index in [2.05, 4.69) is 0 Å². The highest BCUT2D eigenvalue weighted by Gasteiger charge is 2.09. The summed E-state index contributed by atoms with van der Waals surface area (Å²) in [5, 5.41) is 0.353. The zero-order chi connectivity index (χ0) is 13.1. The molecule has 0 aliphatic rings. The minimum atomic E-state index is -0.567. The first kappa shape index (κ1) is 12.6. The van der Waals surface area contributed by atoms with E-state index in [0.717, 1.165) is 0 Å². The van der Waals surface area contributed by atoms with Crippen molar-refractivity contribution in [3.63, 3.8) is 0 Å². The average molecular weight is 270 g/mol. The molecule has 94 valence electrons. The van der Waals surface area contributed by atoms with Gasteiger partial charge in [0.25, 0.3) is 0 Å². The number of para-hydroxylation sites is 1. The summed E-state index contributed by atoms with van der Waals surface area (Å²) in [7, 11) is 0. The second-order valence-electron chi connectivity index (χ2n) is 3.68. The summed E-state index contributed by atoms with van der Waals surface area (Å²) in [5.41, 5.74) is 6.19. The van der Waals surface area contributed by atoms with Gasteiger partial charge in [0, 0.05) is 10.6 Å². The molecule has 2 rings (SSSR count). The van der Waals surface area contributed by atoms with Crippen molar-refractivity contribution < 1.29 is 13.5 Å². The molecule has 0 spiro atoms. The van der Waals surface area contributed by atoms with Gasteiger partial charge < -0.3 is 10.5 Å². The molecule has 2 N–H and O–H groups in total. The van der Waals surface area contributed by atoms with Crippen molar-refractivity contribution >= 4 is 17.3 Å². The second kappa shape index (κ2) is 5.23. The second-order valence-corrected chi connectivity index (χ2v) is 4.09. The van der Waals surface area contributed by atoms with Crippen LogP contribution in [0.1, 0.15) is 5.56 Å². The summed E-state index contributed by atoms with van der Waals surface area (Å²) in [6.07, 6.45) is 0. The highest BCUT2D eigenvalue weighted by Crippen LogP contribution is 2.27. The predicted molar refractivity (Wildman–Crippen MR) is 66.6 cm³/mol. The van der Waals surface area contributed by atoms with Crippen LogP contribution >= 0.6 is 11.6 Å². The maximum absolute atomic E-state index is 13.4. The van der Waals surface area contributed by atoms with Crippen LogP contribution in [0.4, 0.5) is 14.5 Å². The Bertz CT molecular complexity index is 555. The molecule has 2 aromatic rings. The molecule has 0 amide bonds. The monoisotopic (exact) mass is 269 g/mol. The molecular formula is C13H10ClF2NO. The Morgan fingerprint density at radius 3 is 2.67 bits per heavy atom. The lowest BCUT2D eigenvalue weighted by molar-refractivity contribution is 0.291. The minimum Gasteiger partial charge on any atom is -0.484 e. The standard InChI is InChI=1S/C13H10ClF2NO/c14-10-5-4-9(15)6-8(10)7-18-13-11(16)2-1-3-12(13)17/h1-6H,7,17H2. The molecule has 0 aliphatic heterocycles. The smallest absolute Gasteiger partial charge is 0.178 e. The highest BCUT2D eigenvalue weighted by atomic mass is 35.5. The number of hydrogen-bond donors (Lipinski definition) is 1. The number of rotatable bonds is 3. The lowest BCUT2D eigenvalue weighted by Crippen LogP contribution is -2.01. The largest absolute Gasteiger partial charge is 0.484 e. The number of halogens is 3. The summed E-state index contributed by atoms with van der Waals surface area (Å²) >= 11 is 5.87. The van der Waals surface area contributed by atoms with Gasteiger partial charge in [0.05, 0.1) is 5.69 Å². The number of benzene rings is 2. The van der Waals surface area contributed by atoms with Crippen LogP contribution in [-0.2, 0) is 6.61 Å². The topological polar surface area (TPSA) is 35.2 Å². The molecule has 18 heavy (non-hydrogen) atoms. The summed E-state index contributed by atoms with van der Waals surface area (Å²) in [5.74, 6) is -1.06. The fourth-order valence-electron chi connectivity index (χ4n) is 1.48. The molecule has 5 heteroatoms. The van der Waals surface area contributed by atoms with Crippen LogP contribution in [0.5, 0.6) is 5.75 Å². The number of ether oxygens (including phenoxy) is 1. The first-order valence-electron chi connectivity index (χ1n) is 5.18. The van der Waals surface area contributed by atoms with Crippen LogP contribution in [-0.4, -0.2) is 0 Å². The normalized spacial score (nSPS) is 10.4. The molecule has 0 saturated carbocycles. The molecule has 0 aromatic heterocycles. The minimum absolute atomic E-state index is 0.0538. The van der Waals surface area contributed by atoms with Crippen LogP contribution in [0.2, 0.25) is 5.02 Å². The van der Waals surface area contributed by atoms with Gasteiger partial charge in [-0.05, 0) is 30.3 Å². The van der Waals surface area contributed by atoms with Crippen LogP contribution in [0, 0.1) is 11.6 Å². The van der Waals surface area contributed by atoms with Gasteiger partial charge in [-0.2, -0.15) is 0 Å². The van der Waals surface area contributed by atoms with Crippen molar-refractivity contribution in [1.29, 1.82) is 0 Å². The van der Waals surface area contributed by atoms with E-state index in [9.17, 15) is 8.78 Å². The first-order valence-corrected chi connectivity index (χ1v) is 5.56. The Hall–Kier alpha value is -1.81. The van der Waals surface area contributed by atoms with Crippen LogP contribution in [0.15, 0.2) is 36.4 Å². The molecule has 0 bridgehead atoms. The SMILES string of the molecule is Nc1cccc(F)c1OCc1cc(F)ccc1Cl. The van der Waals surface area contributed by atoms with Crippen LogP contribution in [0.3, 0.4) is 0 Å². The Morgan fingerprint density at radius 2 is 1.94 bits per heavy atom. The van der Waals surface area contributed by atoms with E-state index in [0.29, 0.717) is 10.6 Å². The zero-order valence-electron chi connectivity index (χ0n) is 9.29. The maximum Gasteiger partial charge on any atom is 0.178 e. The average Bonchev–Trinajstić information content (AvgIpc) is 2.33. The molecule has 0 unspecified atom stereocenters. The fraction of sp³-hybridized carbons (Fsp3) is 0.0769. The van der Waals surface area contributed by atoms with E-state index in [1.807, 2.05) is 0 Å². The van der Waals surface area contributed by atoms with Crippen molar-refractivity contribution in [1.82, 2.24) is 0 Å². The predicted octanol–water partition coefficient (Wildman–Crippen LogP) is 3.78. The Morgan fingerprint density at radius 1 is 1.17 bits per heavy atom. The van der Waals surface area contributed by atoms with Gasteiger partial charge in [-0.3, -0.25) is 0 Å². The molecule has 0 fully saturated rings. The number of anilines is 1. The maximum atomic E-state index is 13.4. The lowest BCUT2D eigenvalue weighted by Gasteiger charge is -2.10. The number of nitrogen functional groups attached to an aromatic ring is 1. The van der Waals surface area contributed by atoms with Gasteiger partial charge >= 0.3 is 0 Å². The molecule has 0 aliphatic carbocycles. The number of nitrogens with two attached hydrogens (primary N) is 1. The van der Waals surface area contributed by atoms with E-state index in [1.165, 1.54) is 36.4 Å². The van der Waals surface area contributed by atoms with Gasteiger partial charge in [0.2, 0.25) is 0 Å². The Kier molecular flexibility index (Phi) is 3.67. The van der Waals surface area contributed by atoms with Gasteiger partial charge in [0.1, 0.15) is 12.4 Å². The van der Waals surface area contributed by atoms with E-state index < -0.39 is 11.6 Å². The molecule has 0 radical (unpaired) electrons. The van der Waals surface area contributed by atoms with Gasteiger partial charge in [-0.25, -0.2) is 8.78 Å². The van der Waals surface area contributed by atoms with Gasteiger partial charge in [0.15, 0.2) is 11.6 Å². The van der Waals surface area contributed by atoms with Crippen molar-refractivity contribution in [3.05, 3.63) is 58.6 Å². The van der Waals surface area contributed by atoms with Crippen LogP contribution < -0.4 is 10.5 Å². The fourth-order valence-corrected chi connectivity index (χ4v) is 1.65. The first-order chi connectivity index (χ1) is 8.58. The highest BCUT2D eigenvalue weighted by molar-refractivity contribution is 6.31. The van der Waals surface area contributed by atoms with Gasteiger partial charge in [-0.15, -0.1) is 0 Å². The molecule has 0 heterocycles. The Balaban J connectivity index is 2.19. The van der Waals surface area contributed by atoms with Crippen LogP contribution in [0.25, 0.3) is 0 Å². The van der Waals surface area contributed by atoms with Crippen molar-refractivity contribution in [3.8, 4) is 5.75 Å². The van der Waals surface area contributed by atoms with Crippen molar-refractivity contribution in [2.24, 2.45) is 0 Å².